The molecule has 1 saturated carbocycles. The van der Waals surface area contributed by atoms with Gasteiger partial charge in [-0.1, -0.05) is 31.2 Å². The predicted molar refractivity (Wildman–Crippen MR) is 96.7 cm³/mol. The number of nitrogens with one attached hydrogen (secondary N) is 1. The highest BCUT2D eigenvalue weighted by Crippen LogP contribution is 2.35. The molecule has 25 heavy (non-hydrogen) atoms. The monoisotopic (exact) mass is 339 g/mol. The van der Waals surface area contributed by atoms with Crippen molar-refractivity contribution < 1.29 is 9.84 Å². The van der Waals surface area contributed by atoms with Gasteiger partial charge in [-0.05, 0) is 43.2 Å². The van der Waals surface area contributed by atoms with Crippen molar-refractivity contribution in [2.24, 2.45) is 5.92 Å². The van der Waals surface area contributed by atoms with Crippen molar-refractivity contribution in [3.05, 3.63) is 47.3 Å². The Morgan fingerprint density at radius 3 is 2.84 bits per heavy atom. The zero-order valence-electron chi connectivity index (χ0n) is 14.8. The summed E-state index contributed by atoms with van der Waals surface area (Å²) in [5.41, 5.74) is 3.70. The maximum Gasteiger partial charge on any atom is 0.221 e. The van der Waals surface area contributed by atoms with E-state index in [1.165, 1.54) is 11.1 Å². The lowest BCUT2D eigenvalue weighted by atomic mass is 10.1. The second kappa shape index (κ2) is 6.64. The number of hydrogen-bond acceptors (Lipinski definition) is 5. The average Bonchev–Trinajstić information content (AvgIpc) is 3.15. The van der Waals surface area contributed by atoms with E-state index in [0.717, 1.165) is 30.6 Å². The van der Waals surface area contributed by atoms with Gasteiger partial charge in [0.2, 0.25) is 5.88 Å². The number of benzene rings is 1. The number of fused-ring (bicyclic) bond motifs is 1. The summed E-state index contributed by atoms with van der Waals surface area (Å²) in [5, 5.41) is 13.5. The van der Waals surface area contributed by atoms with Crippen LogP contribution in [0.4, 0.5) is 5.82 Å². The smallest absolute Gasteiger partial charge is 0.221 e. The van der Waals surface area contributed by atoms with Crippen LogP contribution in [0.2, 0.25) is 0 Å². The summed E-state index contributed by atoms with van der Waals surface area (Å²) < 4.78 is 6.07. The van der Waals surface area contributed by atoms with Crippen LogP contribution in [0, 0.1) is 12.8 Å². The van der Waals surface area contributed by atoms with Crippen LogP contribution in [0.1, 0.15) is 48.9 Å². The van der Waals surface area contributed by atoms with Crippen molar-refractivity contribution in [1.82, 2.24) is 9.97 Å². The fourth-order valence-electron chi connectivity index (χ4n) is 3.99. The van der Waals surface area contributed by atoms with E-state index in [4.69, 9.17) is 4.74 Å². The predicted octanol–water partition coefficient (Wildman–Crippen LogP) is 3.42. The molecule has 0 spiro atoms. The summed E-state index contributed by atoms with van der Waals surface area (Å²) >= 11 is 0. The fourth-order valence-corrected chi connectivity index (χ4v) is 3.99. The minimum atomic E-state index is -0.278. The molecule has 4 atom stereocenters. The van der Waals surface area contributed by atoms with Crippen LogP contribution in [-0.4, -0.2) is 27.3 Å². The molecule has 132 valence electrons. The van der Waals surface area contributed by atoms with Crippen molar-refractivity contribution >= 4 is 5.82 Å². The Labute approximate surface area is 148 Å². The van der Waals surface area contributed by atoms with Gasteiger partial charge in [0.1, 0.15) is 18.2 Å². The van der Waals surface area contributed by atoms with Crippen molar-refractivity contribution in [2.75, 3.05) is 5.32 Å². The molecule has 1 aromatic heterocycles. The summed E-state index contributed by atoms with van der Waals surface area (Å²) in [6.45, 7) is 4.05. The summed E-state index contributed by atoms with van der Waals surface area (Å²) in [6.07, 6.45) is 5.01. The fraction of sp³-hybridized carbons (Fsp3) is 0.500. The number of aryl methyl sites for hydroxylation is 1. The van der Waals surface area contributed by atoms with E-state index in [1.54, 1.807) is 6.33 Å². The Morgan fingerprint density at radius 2 is 2.04 bits per heavy atom. The first kappa shape index (κ1) is 16.3. The molecule has 0 saturated heterocycles. The van der Waals surface area contributed by atoms with Gasteiger partial charge in [0, 0.05) is 6.42 Å². The average molecular weight is 339 g/mol. The van der Waals surface area contributed by atoms with Crippen molar-refractivity contribution in [2.45, 2.75) is 57.8 Å². The number of aliphatic hydroxyl groups excluding tert-OH is 1. The standard InChI is InChI=1S/C20H25N3O2/c1-12-9-15(10-18(12)24)25-20-13(2)19(21-11-22-20)23-17-8-7-14-5-3-4-6-16(14)17/h3-6,11-12,15,17-18,24H,7-10H2,1-2H3,(H,21,22,23)/t12-,15+,17-,18-/m0/s1. The highest BCUT2D eigenvalue weighted by Gasteiger charge is 2.32. The first-order valence-electron chi connectivity index (χ1n) is 9.12. The quantitative estimate of drug-likeness (QED) is 0.893. The van der Waals surface area contributed by atoms with Gasteiger partial charge in [0.05, 0.1) is 17.7 Å². The Morgan fingerprint density at radius 1 is 1.20 bits per heavy atom. The Bertz CT molecular complexity index is 754. The van der Waals surface area contributed by atoms with Crippen LogP contribution in [-0.2, 0) is 6.42 Å². The molecular weight excluding hydrogens is 314 g/mol. The first-order chi connectivity index (χ1) is 12.1. The van der Waals surface area contributed by atoms with E-state index in [1.807, 2.05) is 6.92 Å². The van der Waals surface area contributed by atoms with Crippen molar-refractivity contribution in [1.29, 1.82) is 0 Å². The zero-order chi connectivity index (χ0) is 17.4. The maximum atomic E-state index is 9.93. The lowest BCUT2D eigenvalue weighted by Crippen LogP contribution is -2.16. The number of ether oxygens (including phenoxy) is 1. The second-order valence-corrected chi connectivity index (χ2v) is 7.34. The molecule has 2 aliphatic rings. The Hall–Kier alpha value is -2.14. The lowest BCUT2D eigenvalue weighted by Gasteiger charge is -2.19. The van der Waals surface area contributed by atoms with Crippen LogP contribution < -0.4 is 10.1 Å². The highest BCUT2D eigenvalue weighted by atomic mass is 16.5. The second-order valence-electron chi connectivity index (χ2n) is 7.34. The molecule has 0 radical (unpaired) electrons. The Balaban J connectivity index is 1.50. The molecule has 0 bridgehead atoms. The minimum Gasteiger partial charge on any atom is -0.474 e. The van der Waals surface area contributed by atoms with Crippen LogP contribution >= 0.6 is 0 Å². The third kappa shape index (κ3) is 3.21. The normalized spacial score (nSPS) is 28.0. The maximum absolute atomic E-state index is 9.93. The number of aromatic nitrogens is 2. The summed E-state index contributed by atoms with van der Waals surface area (Å²) in [5.74, 6) is 1.73. The molecule has 1 fully saturated rings. The highest BCUT2D eigenvalue weighted by molar-refractivity contribution is 5.51. The third-order valence-corrected chi connectivity index (χ3v) is 5.56. The van der Waals surface area contributed by atoms with E-state index in [0.29, 0.717) is 12.3 Å². The van der Waals surface area contributed by atoms with Gasteiger partial charge >= 0.3 is 0 Å². The molecule has 2 N–H and O–H groups in total. The van der Waals surface area contributed by atoms with Crippen LogP contribution in [0.3, 0.4) is 0 Å². The number of hydrogen-bond donors (Lipinski definition) is 2. The summed E-state index contributed by atoms with van der Waals surface area (Å²) in [4.78, 5) is 8.74. The largest absolute Gasteiger partial charge is 0.474 e. The number of rotatable bonds is 4. The molecule has 2 aromatic rings. The van der Waals surface area contributed by atoms with E-state index in [-0.39, 0.29) is 24.2 Å². The van der Waals surface area contributed by atoms with E-state index in [9.17, 15) is 5.11 Å². The molecule has 5 heteroatoms. The van der Waals surface area contributed by atoms with Gasteiger partial charge in [-0.25, -0.2) is 9.97 Å². The van der Waals surface area contributed by atoms with Crippen LogP contribution in [0.5, 0.6) is 5.88 Å². The molecule has 0 unspecified atom stereocenters. The van der Waals surface area contributed by atoms with Gasteiger partial charge in [0.25, 0.3) is 0 Å². The number of anilines is 1. The van der Waals surface area contributed by atoms with Crippen LogP contribution in [0.15, 0.2) is 30.6 Å². The van der Waals surface area contributed by atoms with Crippen molar-refractivity contribution in [3.8, 4) is 5.88 Å². The lowest BCUT2D eigenvalue weighted by molar-refractivity contribution is 0.128. The van der Waals surface area contributed by atoms with Gasteiger partial charge in [0.15, 0.2) is 0 Å². The van der Waals surface area contributed by atoms with Gasteiger partial charge < -0.3 is 15.2 Å². The minimum absolute atomic E-state index is 0.0265. The molecular formula is C20H25N3O2. The summed E-state index contributed by atoms with van der Waals surface area (Å²) in [6, 6.07) is 8.86. The third-order valence-electron chi connectivity index (χ3n) is 5.56. The first-order valence-corrected chi connectivity index (χ1v) is 9.12. The van der Waals surface area contributed by atoms with Gasteiger partial charge in [-0.3, -0.25) is 0 Å². The molecule has 1 heterocycles. The van der Waals surface area contributed by atoms with Gasteiger partial charge in [-0.15, -0.1) is 0 Å². The molecule has 0 amide bonds. The molecule has 4 rings (SSSR count). The molecule has 1 aromatic carbocycles. The van der Waals surface area contributed by atoms with E-state index in [2.05, 4.69) is 46.5 Å². The SMILES string of the molecule is Cc1c(N[C@H]2CCc3ccccc32)ncnc1O[C@@H]1C[C@H](C)[C@@H](O)C1. The molecule has 2 aliphatic carbocycles. The molecule has 5 nitrogen and oxygen atoms in total. The number of nitrogens with zero attached hydrogens (tertiary/aromatic N) is 2. The van der Waals surface area contributed by atoms with E-state index >= 15 is 0 Å². The number of aliphatic hydroxyl groups is 1. The Kier molecular flexibility index (Phi) is 4.34. The van der Waals surface area contributed by atoms with Gasteiger partial charge in [-0.2, -0.15) is 0 Å². The van der Waals surface area contributed by atoms with Crippen molar-refractivity contribution in [3.63, 3.8) is 0 Å². The summed E-state index contributed by atoms with van der Waals surface area (Å²) in [7, 11) is 0. The molecule has 0 aliphatic heterocycles. The zero-order valence-corrected chi connectivity index (χ0v) is 14.8. The van der Waals surface area contributed by atoms with E-state index < -0.39 is 0 Å². The van der Waals surface area contributed by atoms with Crippen LogP contribution in [0.25, 0.3) is 0 Å². The topological polar surface area (TPSA) is 67.3 Å².